The second-order valence-corrected chi connectivity index (χ2v) is 6.77. The SMILES string of the molecule is O=C(O)c1cn(CC(=O)N2C[C@@H]3[C@H](CO)CO[C@@H]3C2)c2ccccc12. The lowest BCUT2D eigenvalue weighted by Gasteiger charge is -2.19. The summed E-state index contributed by atoms with van der Waals surface area (Å²) in [6.45, 7) is 1.84. The second kappa shape index (κ2) is 6.16. The summed E-state index contributed by atoms with van der Waals surface area (Å²) in [6.07, 6.45) is 1.52. The number of likely N-dealkylation sites (tertiary alicyclic amines) is 1. The number of nitrogens with zero attached hydrogens (tertiary/aromatic N) is 2. The van der Waals surface area contributed by atoms with E-state index >= 15 is 0 Å². The monoisotopic (exact) mass is 344 g/mol. The van der Waals surface area contributed by atoms with Gasteiger partial charge in [-0.05, 0) is 6.07 Å². The fourth-order valence-corrected chi connectivity index (χ4v) is 3.98. The van der Waals surface area contributed by atoms with Crippen molar-refractivity contribution in [2.75, 3.05) is 26.3 Å². The smallest absolute Gasteiger partial charge is 0.337 e. The first kappa shape index (κ1) is 16.1. The lowest BCUT2D eigenvalue weighted by molar-refractivity contribution is -0.131. The standard InChI is InChI=1S/C18H20N2O5/c21-9-11-10-25-16-7-20(5-13(11)16)17(22)8-19-6-14(18(23)24)12-3-1-2-4-15(12)19/h1-4,6,11,13,16,21H,5,7-10H2,(H,23,24)/t11-,13-,16-/m1/s1. The van der Waals surface area contributed by atoms with Crippen molar-refractivity contribution in [3.05, 3.63) is 36.0 Å². The number of carboxylic acids is 1. The lowest BCUT2D eigenvalue weighted by atomic mass is 9.94. The molecule has 0 aliphatic carbocycles. The minimum absolute atomic E-state index is 0.00270. The zero-order valence-corrected chi connectivity index (χ0v) is 13.7. The van der Waals surface area contributed by atoms with Gasteiger partial charge < -0.3 is 24.4 Å². The predicted octanol–water partition coefficient (Wildman–Crippen LogP) is 0.805. The highest BCUT2D eigenvalue weighted by molar-refractivity contribution is 6.03. The van der Waals surface area contributed by atoms with Gasteiger partial charge in [0.1, 0.15) is 6.54 Å². The summed E-state index contributed by atoms with van der Waals surface area (Å²) in [4.78, 5) is 25.9. The van der Waals surface area contributed by atoms with Crippen molar-refractivity contribution in [2.24, 2.45) is 11.8 Å². The van der Waals surface area contributed by atoms with E-state index in [-0.39, 0.29) is 42.6 Å². The molecule has 2 saturated heterocycles. The van der Waals surface area contributed by atoms with E-state index in [0.29, 0.717) is 25.1 Å². The first-order valence-electron chi connectivity index (χ1n) is 8.40. The second-order valence-electron chi connectivity index (χ2n) is 6.77. The highest BCUT2D eigenvalue weighted by Gasteiger charge is 2.44. The van der Waals surface area contributed by atoms with Crippen LogP contribution in [0.15, 0.2) is 30.5 Å². The first-order valence-corrected chi connectivity index (χ1v) is 8.40. The van der Waals surface area contributed by atoms with Crippen LogP contribution < -0.4 is 0 Å². The number of aliphatic hydroxyl groups excluding tert-OH is 1. The molecular formula is C18H20N2O5. The summed E-state index contributed by atoms with van der Waals surface area (Å²) in [6, 6.07) is 7.18. The van der Waals surface area contributed by atoms with Crippen molar-refractivity contribution in [2.45, 2.75) is 12.6 Å². The van der Waals surface area contributed by atoms with Crippen molar-refractivity contribution in [3.8, 4) is 0 Å². The van der Waals surface area contributed by atoms with Gasteiger partial charge in [0.15, 0.2) is 0 Å². The molecule has 25 heavy (non-hydrogen) atoms. The van der Waals surface area contributed by atoms with E-state index in [4.69, 9.17) is 4.74 Å². The Bertz CT molecular complexity index is 830. The van der Waals surface area contributed by atoms with E-state index in [0.717, 1.165) is 5.52 Å². The largest absolute Gasteiger partial charge is 0.478 e. The minimum Gasteiger partial charge on any atom is -0.478 e. The van der Waals surface area contributed by atoms with E-state index in [9.17, 15) is 19.8 Å². The van der Waals surface area contributed by atoms with Crippen LogP contribution in [0.3, 0.4) is 0 Å². The summed E-state index contributed by atoms with van der Waals surface area (Å²) in [5, 5.41) is 19.4. The molecule has 4 rings (SSSR count). The van der Waals surface area contributed by atoms with Crippen LogP contribution in [0.2, 0.25) is 0 Å². The van der Waals surface area contributed by atoms with Crippen molar-refractivity contribution in [3.63, 3.8) is 0 Å². The Morgan fingerprint density at radius 1 is 1.24 bits per heavy atom. The third-order valence-electron chi connectivity index (χ3n) is 5.35. The molecule has 2 N–H and O–H groups in total. The van der Waals surface area contributed by atoms with E-state index < -0.39 is 5.97 Å². The number of aromatic carboxylic acids is 1. The number of amides is 1. The maximum absolute atomic E-state index is 12.7. The highest BCUT2D eigenvalue weighted by Crippen LogP contribution is 2.33. The van der Waals surface area contributed by atoms with Crippen LogP contribution in [0.4, 0.5) is 0 Å². The van der Waals surface area contributed by atoms with Crippen LogP contribution in [0.25, 0.3) is 10.9 Å². The van der Waals surface area contributed by atoms with Crippen LogP contribution in [0, 0.1) is 11.8 Å². The average Bonchev–Trinajstić information content (AvgIpc) is 3.27. The molecule has 1 aromatic carbocycles. The molecule has 132 valence electrons. The maximum Gasteiger partial charge on any atom is 0.337 e. The summed E-state index contributed by atoms with van der Waals surface area (Å²) < 4.78 is 7.37. The van der Waals surface area contributed by atoms with Crippen LogP contribution >= 0.6 is 0 Å². The Labute approximate surface area is 144 Å². The number of benzene rings is 1. The Kier molecular flexibility index (Phi) is 3.97. The number of carbonyl (C=O) groups is 2. The van der Waals surface area contributed by atoms with E-state index in [1.807, 2.05) is 12.1 Å². The quantitative estimate of drug-likeness (QED) is 0.856. The number of carbonyl (C=O) groups excluding carboxylic acids is 1. The number of aliphatic hydroxyl groups is 1. The van der Waals surface area contributed by atoms with Crippen molar-refractivity contribution in [1.82, 2.24) is 9.47 Å². The number of ether oxygens (including phenoxy) is 1. The van der Waals surface area contributed by atoms with Gasteiger partial charge in [-0.25, -0.2) is 4.79 Å². The van der Waals surface area contributed by atoms with Crippen molar-refractivity contribution < 1.29 is 24.5 Å². The Morgan fingerprint density at radius 3 is 2.80 bits per heavy atom. The van der Waals surface area contributed by atoms with Gasteiger partial charge in [0, 0.05) is 48.6 Å². The van der Waals surface area contributed by atoms with Gasteiger partial charge in [0.05, 0.1) is 18.3 Å². The van der Waals surface area contributed by atoms with Gasteiger partial charge in [-0.1, -0.05) is 18.2 Å². The number of aromatic nitrogens is 1. The Hall–Kier alpha value is -2.38. The van der Waals surface area contributed by atoms with Gasteiger partial charge in [-0.15, -0.1) is 0 Å². The van der Waals surface area contributed by atoms with Gasteiger partial charge in [0.2, 0.25) is 5.91 Å². The molecule has 2 fully saturated rings. The van der Waals surface area contributed by atoms with E-state index in [1.54, 1.807) is 21.6 Å². The van der Waals surface area contributed by atoms with Gasteiger partial charge in [-0.2, -0.15) is 0 Å². The fourth-order valence-electron chi connectivity index (χ4n) is 3.98. The molecule has 3 atom stereocenters. The summed E-state index contributed by atoms with van der Waals surface area (Å²) in [7, 11) is 0. The Morgan fingerprint density at radius 2 is 2.04 bits per heavy atom. The highest BCUT2D eigenvalue weighted by atomic mass is 16.5. The number of hydrogen-bond acceptors (Lipinski definition) is 4. The average molecular weight is 344 g/mol. The molecule has 1 aromatic heterocycles. The van der Waals surface area contributed by atoms with Gasteiger partial charge in [0.25, 0.3) is 0 Å². The van der Waals surface area contributed by atoms with Crippen LogP contribution in [-0.2, 0) is 16.1 Å². The zero-order chi connectivity index (χ0) is 17.6. The summed E-state index contributed by atoms with van der Waals surface area (Å²) in [5.74, 6) is -0.788. The normalized spacial score (nSPS) is 25.5. The van der Waals surface area contributed by atoms with Crippen LogP contribution in [0.1, 0.15) is 10.4 Å². The molecular weight excluding hydrogens is 324 g/mol. The molecule has 0 saturated carbocycles. The third kappa shape index (κ3) is 2.69. The lowest BCUT2D eigenvalue weighted by Crippen LogP contribution is -2.34. The number of hydrogen-bond donors (Lipinski definition) is 2. The van der Waals surface area contributed by atoms with Crippen molar-refractivity contribution >= 4 is 22.8 Å². The number of fused-ring (bicyclic) bond motifs is 2. The van der Waals surface area contributed by atoms with Gasteiger partial charge >= 0.3 is 5.97 Å². The fraction of sp³-hybridized carbons (Fsp3) is 0.444. The maximum atomic E-state index is 12.7. The number of rotatable bonds is 4. The molecule has 0 bridgehead atoms. The first-order chi connectivity index (χ1) is 12.1. The van der Waals surface area contributed by atoms with E-state index in [2.05, 4.69) is 0 Å². The Balaban J connectivity index is 1.54. The molecule has 2 aliphatic rings. The molecule has 1 amide bonds. The molecule has 0 spiro atoms. The molecule has 7 heteroatoms. The third-order valence-corrected chi connectivity index (χ3v) is 5.35. The topological polar surface area (TPSA) is 92.0 Å². The van der Waals surface area contributed by atoms with Gasteiger partial charge in [-0.3, -0.25) is 4.79 Å². The molecule has 2 aliphatic heterocycles. The predicted molar refractivity (Wildman–Crippen MR) is 89.3 cm³/mol. The summed E-state index contributed by atoms with van der Waals surface area (Å²) >= 11 is 0. The molecule has 3 heterocycles. The molecule has 2 aromatic rings. The molecule has 0 radical (unpaired) electrons. The molecule has 7 nitrogen and oxygen atoms in total. The zero-order valence-electron chi connectivity index (χ0n) is 13.7. The number of carboxylic acid groups (broad SMARTS) is 1. The van der Waals surface area contributed by atoms with Crippen molar-refractivity contribution in [1.29, 1.82) is 0 Å². The van der Waals surface area contributed by atoms with Crippen LogP contribution in [-0.4, -0.2) is 64.0 Å². The molecule has 0 unspecified atom stereocenters. The summed E-state index contributed by atoms with van der Waals surface area (Å²) in [5.41, 5.74) is 0.933. The minimum atomic E-state index is -1.00. The van der Waals surface area contributed by atoms with E-state index in [1.165, 1.54) is 6.20 Å². The van der Waals surface area contributed by atoms with Crippen LogP contribution in [0.5, 0.6) is 0 Å². The number of para-hydroxylation sites is 1.